The highest BCUT2D eigenvalue weighted by atomic mass is 16.5. The first-order chi connectivity index (χ1) is 17.6. The number of fused-ring (bicyclic) bond motifs is 2. The number of hydrogen-bond donors (Lipinski definition) is 2. The van der Waals surface area contributed by atoms with Crippen LogP contribution in [0.3, 0.4) is 0 Å². The summed E-state index contributed by atoms with van der Waals surface area (Å²) in [5, 5.41) is 7.05. The maximum Gasteiger partial charge on any atom is 0.252 e. The number of nitrogens with zero attached hydrogens (tertiary/aromatic N) is 2. The number of morpholine rings is 1. The number of benzene rings is 2. The Labute approximate surface area is 212 Å². The molecule has 188 valence electrons. The quantitative estimate of drug-likeness (QED) is 0.527. The molecule has 1 saturated heterocycles. The monoisotopic (exact) mass is 486 g/mol. The number of carbonyl (C=O) groups is 2. The van der Waals surface area contributed by atoms with Crippen molar-refractivity contribution in [3.05, 3.63) is 70.4 Å². The summed E-state index contributed by atoms with van der Waals surface area (Å²) in [6, 6.07) is 13.8. The lowest BCUT2D eigenvalue weighted by Crippen LogP contribution is -2.38. The summed E-state index contributed by atoms with van der Waals surface area (Å²) in [4.78, 5) is 33.1. The Kier molecular flexibility index (Phi) is 7.58. The number of carbonyl (C=O) groups excluding carboxylic acids is 2. The van der Waals surface area contributed by atoms with Crippen LogP contribution in [-0.4, -0.2) is 54.5 Å². The summed E-state index contributed by atoms with van der Waals surface area (Å²) >= 11 is 0. The number of pyridine rings is 1. The van der Waals surface area contributed by atoms with E-state index in [-0.39, 0.29) is 11.8 Å². The largest absolute Gasteiger partial charge is 0.379 e. The minimum atomic E-state index is -0.0638. The van der Waals surface area contributed by atoms with Crippen molar-refractivity contribution in [2.45, 2.75) is 45.6 Å². The van der Waals surface area contributed by atoms with Crippen molar-refractivity contribution >= 4 is 28.4 Å². The average molecular weight is 487 g/mol. The van der Waals surface area contributed by atoms with Crippen molar-refractivity contribution in [2.24, 2.45) is 0 Å². The summed E-state index contributed by atoms with van der Waals surface area (Å²) in [5.74, 6) is -0.0703. The molecular formula is C29H34N4O3. The third-order valence-electron chi connectivity index (χ3n) is 7.07. The molecule has 36 heavy (non-hydrogen) atoms. The van der Waals surface area contributed by atoms with Crippen LogP contribution in [0.15, 0.2) is 42.5 Å². The lowest BCUT2D eigenvalue weighted by molar-refractivity contribution is -0.116. The third kappa shape index (κ3) is 5.74. The lowest BCUT2D eigenvalue weighted by Gasteiger charge is -2.26. The lowest BCUT2D eigenvalue weighted by atomic mass is 9.89. The van der Waals surface area contributed by atoms with Crippen molar-refractivity contribution in [1.82, 2.24) is 15.2 Å². The van der Waals surface area contributed by atoms with E-state index < -0.39 is 0 Å². The molecule has 0 unspecified atom stereocenters. The first-order valence-electron chi connectivity index (χ1n) is 13.0. The molecule has 3 aromatic rings. The van der Waals surface area contributed by atoms with E-state index in [4.69, 9.17) is 9.72 Å². The van der Waals surface area contributed by atoms with Gasteiger partial charge >= 0.3 is 0 Å². The van der Waals surface area contributed by atoms with Gasteiger partial charge < -0.3 is 15.4 Å². The van der Waals surface area contributed by atoms with Crippen LogP contribution in [0.2, 0.25) is 0 Å². The normalized spacial score (nSPS) is 15.9. The van der Waals surface area contributed by atoms with Crippen molar-refractivity contribution in [3.8, 4) is 0 Å². The maximum atomic E-state index is 13.5. The average Bonchev–Trinajstić information content (AvgIpc) is 2.90. The molecule has 0 radical (unpaired) electrons. The molecule has 1 aromatic heterocycles. The Morgan fingerprint density at radius 1 is 1.06 bits per heavy atom. The van der Waals surface area contributed by atoms with E-state index in [2.05, 4.69) is 21.6 Å². The second-order valence-corrected chi connectivity index (χ2v) is 9.78. The van der Waals surface area contributed by atoms with E-state index in [1.54, 1.807) is 0 Å². The van der Waals surface area contributed by atoms with E-state index in [1.807, 2.05) is 43.3 Å². The summed E-state index contributed by atoms with van der Waals surface area (Å²) in [6.45, 7) is 6.37. The van der Waals surface area contributed by atoms with Crippen LogP contribution in [0.1, 0.15) is 52.0 Å². The van der Waals surface area contributed by atoms with Gasteiger partial charge in [-0.15, -0.1) is 0 Å². The minimum absolute atomic E-state index is 0.00655. The summed E-state index contributed by atoms with van der Waals surface area (Å²) < 4.78 is 5.36. The SMILES string of the molecule is Cc1ccc2nc3c(c(C(=O)NCc4cccc(NC(=O)CCN5CCOCC5)c4)c2c1)CCCC3. The second kappa shape index (κ2) is 11.2. The van der Waals surface area contributed by atoms with E-state index >= 15 is 0 Å². The van der Waals surface area contributed by atoms with Crippen LogP contribution < -0.4 is 10.6 Å². The van der Waals surface area contributed by atoms with Gasteiger partial charge in [-0.05, 0) is 68.0 Å². The topological polar surface area (TPSA) is 83.6 Å². The van der Waals surface area contributed by atoms with Crippen LogP contribution >= 0.6 is 0 Å². The number of ether oxygens (including phenoxy) is 1. The van der Waals surface area contributed by atoms with Gasteiger partial charge in [0.2, 0.25) is 5.91 Å². The fourth-order valence-electron chi connectivity index (χ4n) is 5.13. The molecule has 2 heterocycles. The van der Waals surface area contributed by atoms with Gasteiger partial charge in [0.25, 0.3) is 5.91 Å². The van der Waals surface area contributed by atoms with Gasteiger partial charge in [0.05, 0.1) is 24.3 Å². The molecule has 0 spiro atoms. The summed E-state index contributed by atoms with van der Waals surface area (Å²) in [6.07, 6.45) is 4.46. The fraction of sp³-hybridized carbons (Fsp3) is 0.414. The highest BCUT2D eigenvalue weighted by molar-refractivity contribution is 6.08. The fourth-order valence-corrected chi connectivity index (χ4v) is 5.13. The molecule has 2 N–H and O–H groups in total. The molecule has 0 atom stereocenters. The van der Waals surface area contributed by atoms with Crippen LogP contribution in [0.25, 0.3) is 10.9 Å². The smallest absolute Gasteiger partial charge is 0.252 e. The predicted octanol–water partition coefficient (Wildman–Crippen LogP) is 4.01. The predicted molar refractivity (Wildman–Crippen MR) is 141 cm³/mol. The molecule has 7 nitrogen and oxygen atoms in total. The van der Waals surface area contributed by atoms with Crippen LogP contribution in [0.4, 0.5) is 5.69 Å². The molecule has 7 heteroatoms. The molecule has 0 saturated carbocycles. The van der Waals surface area contributed by atoms with Crippen LogP contribution in [0, 0.1) is 6.92 Å². The molecular weight excluding hydrogens is 452 g/mol. The van der Waals surface area contributed by atoms with Gasteiger partial charge in [0, 0.05) is 49.4 Å². The Bertz CT molecular complexity index is 1270. The number of amides is 2. The van der Waals surface area contributed by atoms with E-state index in [9.17, 15) is 9.59 Å². The van der Waals surface area contributed by atoms with E-state index in [0.29, 0.717) is 13.0 Å². The number of aryl methyl sites for hydroxylation is 2. The Hall–Kier alpha value is -3.29. The summed E-state index contributed by atoms with van der Waals surface area (Å²) in [5.41, 5.74) is 6.61. The number of nitrogens with one attached hydrogen (secondary N) is 2. The molecule has 1 aliphatic heterocycles. The van der Waals surface area contributed by atoms with E-state index in [0.717, 1.165) is 103 Å². The molecule has 2 aliphatic rings. The van der Waals surface area contributed by atoms with Crippen molar-refractivity contribution in [2.75, 3.05) is 38.2 Å². The minimum Gasteiger partial charge on any atom is -0.379 e. The molecule has 2 amide bonds. The van der Waals surface area contributed by atoms with E-state index in [1.165, 1.54) is 0 Å². The Morgan fingerprint density at radius 2 is 1.89 bits per heavy atom. The first kappa shape index (κ1) is 24.4. The van der Waals surface area contributed by atoms with Crippen molar-refractivity contribution in [1.29, 1.82) is 0 Å². The number of rotatable bonds is 7. The van der Waals surface area contributed by atoms with Gasteiger partial charge in [0.15, 0.2) is 0 Å². The van der Waals surface area contributed by atoms with Crippen LogP contribution in [0.5, 0.6) is 0 Å². The zero-order chi connectivity index (χ0) is 24.9. The van der Waals surface area contributed by atoms with Crippen molar-refractivity contribution < 1.29 is 14.3 Å². The van der Waals surface area contributed by atoms with Gasteiger partial charge in [-0.2, -0.15) is 0 Å². The first-order valence-corrected chi connectivity index (χ1v) is 13.0. The van der Waals surface area contributed by atoms with Gasteiger partial charge in [-0.3, -0.25) is 19.5 Å². The second-order valence-electron chi connectivity index (χ2n) is 9.78. The molecule has 5 rings (SSSR count). The number of hydrogen-bond acceptors (Lipinski definition) is 5. The van der Waals surface area contributed by atoms with Gasteiger partial charge in [0.1, 0.15) is 0 Å². The molecule has 1 fully saturated rings. The standard InChI is InChI=1S/C29H34N4O3/c1-20-9-10-26-24(17-20)28(23-7-2-3-8-25(23)32-26)29(35)30-19-21-5-4-6-22(18-21)31-27(34)11-12-33-13-15-36-16-14-33/h4-6,9-10,17-18H,2-3,7-8,11-16,19H2,1H3,(H,30,35)(H,31,34). The van der Waals surface area contributed by atoms with Gasteiger partial charge in [-0.25, -0.2) is 0 Å². The maximum absolute atomic E-state index is 13.5. The molecule has 1 aliphatic carbocycles. The van der Waals surface area contributed by atoms with Gasteiger partial charge in [-0.1, -0.05) is 23.8 Å². The third-order valence-corrected chi connectivity index (χ3v) is 7.07. The molecule has 2 aromatic carbocycles. The zero-order valence-electron chi connectivity index (χ0n) is 20.9. The zero-order valence-corrected chi connectivity index (χ0v) is 20.9. The Balaban J connectivity index is 1.25. The molecule has 0 bridgehead atoms. The number of aromatic nitrogens is 1. The summed E-state index contributed by atoms with van der Waals surface area (Å²) in [7, 11) is 0. The van der Waals surface area contributed by atoms with Crippen molar-refractivity contribution in [3.63, 3.8) is 0 Å². The highest BCUT2D eigenvalue weighted by Gasteiger charge is 2.22. The highest BCUT2D eigenvalue weighted by Crippen LogP contribution is 2.30. The number of anilines is 1. The Morgan fingerprint density at radius 3 is 2.75 bits per heavy atom. The van der Waals surface area contributed by atoms with Crippen LogP contribution in [-0.2, 0) is 28.9 Å².